The van der Waals surface area contributed by atoms with Gasteiger partial charge in [0.05, 0.1) is 22.3 Å². The summed E-state index contributed by atoms with van der Waals surface area (Å²) in [6.45, 7) is 0. The predicted octanol–water partition coefficient (Wildman–Crippen LogP) is 11.9. The van der Waals surface area contributed by atoms with E-state index in [1.54, 1.807) is 36.4 Å². The highest BCUT2D eigenvalue weighted by Crippen LogP contribution is 2.48. The summed E-state index contributed by atoms with van der Waals surface area (Å²) in [6.07, 6.45) is -8.95. The first-order valence-corrected chi connectivity index (χ1v) is 15.7. The number of hydrogen-bond donors (Lipinski definition) is 0. The van der Waals surface area contributed by atoms with E-state index in [1.807, 2.05) is 57.3 Å². The number of hydrogen-bond acceptors (Lipinski definition) is 4. The maximum absolute atomic E-state index is 13.3. The van der Waals surface area contributed by atoms with Crippen LogP contribution >= 0.6 is 45.2 Å². The molecule has 0 radical (unpaired) electrons. The van der Waals surface area contributed by atoms with Crippen molar-refractivity contribution in [2.45, 2.75) is 12.4 Å². The molecule has 0 bridgehead atoms. The Bertz CT molecular complexity index is 2040. The molecule has 0 unspecified atom stereocenters. The standard InChI is InChI=1S/C34H16F6I2N2O2/c35-33(36,37)19-13-9-17(10-14-19)21-5-1-3-7-23(21)25-27-30(46-31(41)43-27)26(28-29(25)45-32(42)44-28)24-8-4-2-6-22(24)18-11-15-20(16-12-18)34(38,39)40/h1-16H. The fourth-order valence-corrected chi connectivity index (χ4v) is 6.49. The molecule has 0 aliphatic carbocycles. The Morgan fingerprint density at radius 2 is 0.783 bits per heavy atom. The topological polar surface area (TPSA) is 52.1 Å². The first kappa shape index (κ1) is 30.7. The number of halogens is 8. The number of fused-ring (bicyclic) bond motifs is 2. The Hall–Kier alpha value is -3.92. The average Bonchev–Trinajstić information content (AvgIpc) is 3.60. The number of rotatable bonds is 4. The van der Waals surface area contributed by atoms with Crippen molar-refractivity contribution in [1.29, 1.82) is 0 Å². The Kier molecular flexibility index (Phi) is 7.61. The van der Waals surface area contributed by atoms with Gasteiger partial charge in [-0.05, 0) is 57.6 Å². The molecule has 0 N–H and O–H groups in total. The number of benzene rings is 5. The molecular weight excluding hydrogens is 836 g/mol. The third-order valence-corrected chi connectivity index (χ3v) is 8.49. The van der Waals surface area contributed by atoms with Crippen molar-refractivity contribution in [3.05, 3.63) is 116 Å². The molecule has 0 spiro atoms. The zero-order valence-electron chi connectivity index (χ0n) is 23.0. The molecule has 230 valence electrons. The van der Waals surface area contributed by atoms with Crippen LogP contribution in [0.5, 0.6) is 0 Å². The molecule has 0 amide bonds. The lowest BCUT2D eigenvalue weighted by Gasteiger charge is -2.15. The molecular formula is C34H16F6I2N2O2. The van der Waals surface area contributed by atoms with Crippen LogP contribution in [-0.4, -0.2) is 9.97 Å². The van der Waals surface area contributed by atoms with Crippen molar-refractivity contribution in [2.75, 3.05) is 0 Å². The summed E-state index contributed by atoms with van der Waals surface area (Å²) in [4.78, 5) is 9.43. The summed E-state index contributed by atoms with van der Waals surface area (Å²) < 4.78 is 92.9. The Morgan fingerprint density at radius 3 is 1.11 bits per heavy atom. The molecule has 0 fully saturated rings. The third-order valence-electron chi connectivity index (χ3n) is 7.57. The summed E-state index contributed by atoms with van der Waals surface area (Å²) >= 11 is 3.91. The van der Waals surface area contributed by atoms with E-state index < -0.39 is 23.5 Å². The molecule has 5 aromatic carbocycles. The van der Waals surface area contributed by atoms with Gasteiger partial charge in [0.25, 0.3) is 7.79 Å². The number of oxazole rings is 2. The highest BCUT2D eigenvalue weighted by Gasteiger charge is 2.32. The van der Waals surface area contributed by atoms with E-state index in [9.17, 15) is 26.3 Å². The molecule has 2 heterocycles. The molecule has 4 nitrogen and oxygen atoms in total. The monoisotopic (exact) mass is 852 g/mol. The van der Waals surface area contributed by atoms with Crippen molar-refractivity contribution in [3.8, 4) is 44.5 Å². The number of nitrogens with zero attached hydrogens (tertiary/aromatic N) is 2. The van der Waals surface area contributed by atoms with E-state index in [-0.39, 0.29) is 0 Å². The van der Waals surface area contributed by atoms with E-state index >= 15 is 0 Å². The van der Waals surface area contributed by atoms with Crippen molar-refractivity contribution in [2.24, 2.45) is 0 Å². The summed E-state index contributed by atoms with van der Waals surface area (Å²) in [5.41, 5.74) is 4.82. The van der Waals surface area contributed by atoms with Crippen LogP contribution in [0.15, 0.2) is 106 Å². The zero-order valence-corrected chi connectivity index (χ0v) is 27.3. The van der Waals surface area contributed by atoms with Gasteiger partial charge in [0.2, 0.25) is 0 Å². The average molecular weight is 852 g/mol. The lowest BCUT2D eigenvalue weighted by Crippen LogP contribution is -2.04. The van der Waals surface area contributed by atoms with Crippen LogP contribution in [0.2, 0.25) is 0 Å². The minimum Gasteiger partial charge on any atom is -0.431 e. The summed E-state index contributed by atoms with van der Waals surface area (Å²) in [6, 6.07) is 24.3. The zero-order chi connectivity index (χ0) is 32.4. The van der Waals surface area contributed by atoms with Gasteiger partial charge in [0.15, 0.2) is 11.2 Å². The smallest absolute Gasteiger partial charge is 0.416 e. The Balaban J connectivity index is 1.49. The summed E-state index contributed by atoms with van der Waals surface area (Å²) in [5, 5.41) is 0. The third kappa shape index (κ3) is 5.44. The fraction of sp³-hybridized carbons (Fsp3) is 0.0588. The molecule has 0 aliphatic heterocycles. The maximum atomic E-state index is 13.3. The van der Waals surface area contributed by atoms with Crippen LogP contribution in [0.3, 0.4) is 0 Å². The van der Waals surface area contributed by atoms with Crippen LogP contribution in [0.25, 0.3) is 66.7 Å². The Labute approximate surface area is 283 Å². The van der Waals surface area contributed by atoms with Gasteiger partial charge < -0.3 is 8.83 Å². The van der Waals surface area contributed by atoms with Gasteiger partial charge >= 0.3 is 12.4 Å². The van der Waals surface area contributed by atoms with E-state index in [2.05, 4.69) is 0 Å². The molecule has 0 saturated carbocycles. The van der Waals surface area contributed by atoms with Crippen LogP contribution < -0.4 is 0 Å². The highest BCUT2D eigenvalue weighted by molar-refractivity contribution is 14.1. The van der Waals surface area contributed by atoms with Gasteiger partial charge in [-0.25, -0.2) is 9.97 Å². The van der Waals surface area contributed by atoms with Gasteiger partial charge in [0, 0.05) is 45.2 Å². The van der Waals surface area contributed by atoms with E-state index in [0.717, 1.165) is 24.3 Å². The number of aromatic nitrogens is 2. The quantitative estimate of drug-likeness (QED) is 0.131. The van der Waals surface area contributed by atoms with Crippen molar-refractivity contribution in [1.82, 2.24) is 9.97 Å². The van der Waals surface area contributed by atoms with Crippen LogP contribution in [0.1, 0.15) is 11.1 Å². The van der Waals surface area contributed by atoms with Gasteiger partial charge in [-0.2, -0.15) is 26.3 Å². The van der Waals surface area contributed by atoms with Gasteiger partial charge in [-0.15, -0.1) is 0 Å². The normalized spacial score (nSPS) is 12.3. The number of alkyl halides is 6. The first-order chi connectivity index (χ1) is 21.9. The minimum atomic E-state index is -4.48. The molecule has 12 heteroatoms. The van der Waals surface area contributed by atoms with Gasteiger partial charge in [-0.1, -0.05) is 72.8 Å². The Morgan fingerprint density at radius 1 is 0.457 bits per heavy atom. The second kappa shape index (κ2) is 11.4. The highest BCUT2D eigenvalue weighted by atomic mass is 127. The second-order valence-electron chi connectivity index (χ2n) is 10.3. The lowest BCUT2D eigenvalue weighted by atomic mass is 9.89. The van der Waals surface area contributed by atoms with Crippen molar-refractivity contribution >= 4 is 67.4 Å². The molecule has 0 aliphatic rings. The molecule has 46 heavy (non-hydrogen) atoms. The van der Waals surface area contributed by atoms with Crippen molar-refractivity contribution < 1.29 is 35.2 Å². The lowest BCUT2D eigenvalue weighted by molar-refractivity contribution is -0.138. The van der Waals surface area contributed by atoms with Crippen LogP contribution in [-0.2, 0) is 12.4 Å². The molecule has 0 saturated heterocycles. The van der Waals surface area contributed by atoms with Gasteiger partial charge in [-0.3, -0.25) is 0 Å². The predicted molar refractivity (Wildman–Crippen MR) is 179 cm³/mol. The second-order valence-corrected chi connectivity index (χ2v) is 12.1. The SMILES string of the molecule is FC(F)(F)c1ccc(-c2ccccc2-c2c3nc(I)oc3c(-c3ccccc3-c3ccc(C(F)(F)F)cc3)c3nc(I)oc23)cc1. The van der Waals surface area contributed by atoms with Crippen LogP contribution in [0.4, 0.5) is 26.3 Å². The fourth-order valence-electron chi connectivity index (χ4n) is 5.56. The molecule has 7 aromatic rings. The van der Waals surface area contributed by atoms with E-state index in [4.69, 9.17) is 18.8 Å². The molecule has 7 rings (SSSR count). The van der Waals surface area contributed by atoms with Crippen molar-refractivity contribution in [3.63, 3.8) is 0 Å². The van der Waals surface area contributed by atoms with E-state index in [0.29, 0.717) is 74.5 Å². The molecule has 2 aromatic heterocycles. The summed E-state index contributed by atoms with van der Waals surface area (Å²) in [7, 11) is 0. The summed E-state index contributed by atoms with van der Waals surface area (Å²) in [5.74, 6) is 0. The van der Waals surface area contributed by atoms with E-state index in [1.165, 1.54) is 24.3 Å². The molecule has 0 atom stereocenters. The largest absolute Gasteiger partial charge is 0.431 e. The maximum Gasteiger partial charge on any atom is 0.416 e. The first-order valence-electron chi connectivity index (χ1n) is 13.5. The minimum absolute atomic E-state index is 0.316. The van der Waals surface area contributed by atoms with Crippen LogP contribution in [0, 0.1) is 7.79 Å². The van der Waals surface area contributed by atoms with Gasteiger partial charge in [0.1, 0.15) is 11.0 Å².